The summed E-state index contributed by atoms with van der Waals surface area (Å²) in [6, 6.07) is 4.02. The molecule has 2 rings (SSSR count). The number of hydrogen-bond acceptors (Lipinski definition) is 3. The summed E-state index contributed by atoms with van der Waals surface area (Å²) in [4.78, 5) is 37.0. The number of allylic oxidation sites excluding steroid dienone is 1. The lowest BCUT2D eigenvalue weighted by molar-refractivity contribution is -0.123. The van der Waals surface area contributed by atoms with Gasteiger partial charge < -0.3 is 5.32 Å². The van der Waals surface area contributed by atoms with Gasteiger partial charge in [-0.3, -0.25) is 14.4 Å². The molecule has 0 radical (unpaired) electrons. The SMILES string of the molecule is C=CCNC(=O)/C=C1/CC(=O)C(c2c(C)cc(C)cc2CC)C1=O. The quantitative estimate of drug-likeness (QED) is 0.514. The first-order chi connectivity index (χ1) is 11.4. The van der Waals surface area contributed by atoms with E-state index in [0.717, 1.165) is 28.7 Å². The maximum absolute atomic E-state index is 12.7. The van der Waals surface area contributed by atoms with Crippen LogP contribution in [0.15, 0.2) is 36.4 Å². The molecule has 1 fully saturated rings. The van der Waals surface area contributed by atoms with Crippen molar-refractivity contribution in [2.75, 3.05) is 6.54 Å². The molecule has 0 spiro atoms. The van der Waals surface area contributed by atoms with Crippen molar-refractivity contribution in [2.45, 2.75) is 39.5 Å². The van der Waals surface area contributed by atoms with Gasteiger partial charge in [-0.05, 0) is 37.0 Å². The number of hydrogen-bond donors (Lipinski definition) is 1. The zero-order chi connectivity index (χ0) is 17.9. The highest BCUT2D eigenvalue weighted by molar-refractivity contribution is 6.24. The van der Waals surface area contributed by atoms with Crippen LogP contribution in [0.2, 0.25) is 0 Å². The van der Waals surface area contributed by atoms with Crippen molar-refractivity contribution < 1.29 is 14.4 Å². The van der Waals surface area contributed by atoms with Gasteiger partial charge in [0.2, 0.25) is 5.91 Å². The Bertz CT molecular complexity index is 743. The molecule has 0 bridgehead atoms. The fourth-order valence-corrected chi connectivity index (χ4v) is 3.28. The molecule has 24 heavy (non-hydrogen) atoms. The van der Waals surface area contributed by atoms with Crippen LogP contribution in [0.25, 0.3) is 0 Å². The van der Waals surface area contributed by atoms with Crippen LogP contribution in [-0.2, 0) is 20.8 Å². The summed E-state index contributed by atoms with van der Waals surface area (Å²) in [7, 11) is 0. The van der Waals surface area contributed by atoms with E-state index in [0.29, 0.717) is 6.54 Å². The molecule has 4 heteroatoms. The Balaban J connectivity index is 2.39. The standard InChI is InChI=1S/C20H23NO3/c1-5-7-21-17(23)11-15-10-16(22)19(20(15)24)18-13(4)8-12(3)9-14(18)6-2/h5,8-9,11,19H,1,6-7,10H2,2-4H3,(H,21,23)/b15-11-. The molecule has 1 aromatic carbocycles. The molecule has 0 aromatic heterocycles. The number of nitrogens with one attached hydrogen (secondary N) is 1. The number of amides is 1. The highest BCUT2D eigenvalue weighted by atomic mass is 16.2. The summed E-state index contributed by atoms with van der Waals surface area (Å²) in [5.41, 5.74) is 4.19. The number of aryl methyl sites for hydroxylation is 3. The summed E-state index contributed by atoms with van der Waals surface area (Å²) in [6.07, 6.45) is 3.58. The predicted molar refractivity (Wildman–Crippen MR) is 94.0 cm³/mol. The highest BCUT2D eigenvalue weighted by Crippen LogP contribution is 2.36. The number of carbonyl (C=O) groups is 3. The van der Waals surface area contributed by atoms with Gasteiger partial charge in [0.1, 0.15) is 5.92 Å². The molecule has 1 atom stereocenters. The molecule has 0 heterocycles. The van der Waals surface area contributed by atoms with Crippen molar-refractivity contribution in [3.63, 3.8) is 0 Å². The van der Waals surface area contributed by atoms with E-state index in [1.54, 1.807) is 6.08 Å². The van der Waals surface area contributed by atoms with Crippen molar-refractivity contribution in [3.05, 3.63) is 58.7 Å². The Morgan fingerprint density at radius 3 is 2.67 bits per heavy atom. The second kappa shape index (κ2) is 7.39. The van der Waals surface area contributed by atoms with Crippen LogP contribution in [0.4, 0.5) is 0 Å². The Morgan fingerprint density at radius 2 is 2.04 bits per heavy atom. The highest BCUT2D eigenvalue weighted by Gasteiger charge is 2.40. The normalized spacial score (nSPS) is 19.0. The van der Waals surface area contributed by atoms with E-state index in [9.17, 15) is 14.4 Å². The first-order valence-electron chi connectivity index (χ1n) is 8.15. The van der Waals surface area contributed by atoms with E-state index < -0.39 is 5.92 Å². The van der Waals surface area contributed by atoms with Gasteiger partial charge in [0.05, 0.1) is 0 Å². The topological polar surface area (TPSA) is 63.2 Å². The Hall–Kier alpha value is -2.49. The van der Waals surface area contributed by atoms with E-state index >= 15 is 0 Å². The van der Waals surface area contributed by atoms with Crippen LogP contribution in [0.3, 0.4) is 0 Å². The molecule has 126 valence electrons. The van der Waals surface area contributed by atoms with E-state index in [1.165, 1.54) is 6.08 Å². The lowest BCUT2D eigenvalue weighted by Crippen LogP contribution is -2.22. The van der Waals surface area contributed by atoms with Crippen LogP contribution in [-0.4, -0.2) is 24.0 Å². The van der Waals surface area contributed by atoms with Crippen LogP contribution >= 0.6 is 0 Å². The summed E-state index contributed by atoms with van der Waals surface area (Å²) in [5.74, 6) is -1.54. The molecule has 1 saturated carbocycles. The smallest absolute Gasteiger partial charge is 0.244 e. The number of rotatable bonds is 5. The fraction of sp³-hybridized carbons (Fsp3) is 0.350. The molecule has 1 amide bonds. The maximum Gasteiger partial charge on any atom is 0.244 e. The molecule has 1 unspecified atom stereocenters. The minimum absolute atomic E-state index is 0.0154. The Kier molecular flexibility index (Phi) is 5.50. The average molecular weight is 325 g/mol. The lowest BCUT2D eigenvalue weighted by Gasteiger charge is -2.17. The summed E-state index contributed by atoms with van der Waals surface area (Å²) < 4.78 is 0. The second-order valence-electron chi connectivity index (χ2n) is 6.15. The summed E-state index contributed by atoms with van der Waals surface area (Å²) in [5, 5.41) is 2.59. The molecular weight excluding hydrogens is 302 g/mol. The zero-order valence-electron chi connectivity index (χ0n) is 14.4. The van der Waals surface area contributed by atoms with Crippen molar-refractivity contribution in [1.29, 1.82) is 0 Å². The number of benzene rings is 1. The molecule has 0 saturated heterocycles. The molecule has 1 aliphatic carbocycles. The summed E-state index contributed by atoms with van der Waals surface area (Å²) in [6.45, 7) is 9.80. The molecule has 1 N–H and O–H groups in total. The van der Waals surface area contributed by atoms with E-state index in [1.807, 2.05) is 32.9 Å². The van der Waals surface area contributed by atoms with E-state index in [-0.39, 0.29) is 29.5 Å². The summed E-state index contributed by atoms with van der Waals surface area (Å²) >= 11 is 0. The van der Waals surface area contributed by atoms with E-state index in [2.05, 4.69) is 11.9 Å². The van der Waals surface area contributed by atoms with Gasteiger partial charge in [-0.15, -0.1) is 6.58 Å². The number of Topliss-reactive ketones (excluding diaryl/α,β-unsaturated/α-hetero) is 2. The third-order valence-corrected chi connectivity index (χ3v) is 4.28. The Morgan fingerprint density at radius 1 is 1.33 bits per heavy atom. The van der Waals surface area contributed by atoms with Gasteiger partial charge in [-0.1, -0.05) is 30.7 Å². The van der Waals surface area contributed by atoms with Gasteiger partial charge in [0, 0.05) is 24.6 Å². The van der Waals surface area contributed by atoms with Gasteiger partial charge >= 0.3 is 0 Å². The minimum Gasteiger partial charge on any atom is -0.349 e. The third kappa shape index (κ3) is 3.53. The molecule has 1 aliphatic rings. The van der Waals surface area contributed by atoms with Crippen molar-refractivity contribution in [1.82, 2.24) is 5.32 Å². The average Bonchev–Trinajstić information content (AvgIpc) is 2.79. The molecular formula is C20H23NO3. The fourth-order valence-electron chi connectivity index (χ4n) is 3.28. The molecule has 0 aliphatic heterocycles. The third-order valence-electron chi connectivity index (χ3n) is 4.28. The number of ketones is 2. The van der Waals surface area contributed by atoms with Gasteiger partial charge in [-0.25, -0.2) is 0 Å². The monoisotopic (exact) mass is 325 g/mol. The van der Waals surface area contributed by atoms with Gasteiger partial charge in [0.15, 0.2) is 11.6 Å². The van der Waals surface area contributed by atoms with Crippen molar-refractivity contribution in [3.8, 4) is 0 Å². The zero-order valence-corrected chi connectivity index (χ0v) is 14.4. The van der Waals surface area contributed by atoms with Crippen LogP contribution in [0.1, 0.15) is 41.5 Å². The predicted octanol–water partition coefficient (Wildman–Crippen LogP) is 2.72. The minimum atomic E-state index is -0.779. The number of carbonyl (C=O) groups excluding carboxylic acids is 3. The second-order valence-corrected chi connectivity index (χ2v) is 6.15. The van der Waals surface area contributed by atoms with Gasteiger partial charge in [0.25, 0.3) is 0 Å². The molecule has 4 nitrogen and oxygen atoms in total. The van der Waals surface area contributed by atoms with E-state index in [4.69, 9.17) is 0 Å². The van der Waals surface area contributed by atoms with Crippen LogP contribution in [0, 0.1) is 13.8 Å². The first kappa shape index (κ1) is 17.9. The van der Waals surface area contributed by atoms with Crippen LogP contribution in [0.5, 0.6) is 0 Å². The molecule has 1 aromatic rings. The largest absolute Gasteiger partial charge is 0.349 e. The lowest BCUT2D eigenvalue weighted by atomic mass is 9.85. The van der Waals surface area contributed by atoms with Crippen LogP contribution < -0.4 is 5.32 Å². The van der Waals surface area contributed by atoms with Gasteiger partial charge in [-0.2, -0.15) is 0 Å². The maximum atomic E-state index is 12.7. The first-order valence-corrected chi connectivity index (χ1v) is 8.15. The van der Waals surface area contributed by atoms with Crippen molar-refractivity contribution >= 4 is 17.5 Å². The van der Waals surface area contributed by atoms with Crippen molar-refractivity contribution in [2.24, 2.45) is 0 Å². The Labute approximate surface area is 142 Å².